The van der Waals surface area contributed by atoms with Crippen molar-refractivity contribution in [2.24, 2.45) is 0 Å². The average Bonchev–Trinajstić information content (AvgIpc) is 2.67. The van der Waals surface area contributed by atoms with E-state index in [2.05, 4.69) is 5.32 Å². The molecule has 3 rings (SSSR count). The van der Waals surface area contributed by atoms with Crippen molar-refractivity contribution in [2.75, 3.05) is 16.8 Å². The topological polar surface area (TPSA) is 75.7 Å². The van der Waals surface area contributed by atoms with Crippen LogP contribution in [0.15, 0.2) is 54.6 Å². The second-order valence-electron chi connectivity index (χ2n) is 6.64. The predicted octanol–water partition coefficient (Wildman–Crippen LogP) is 3.10. The molecule has 0 unspecified atom stereocenters. The maximum absolute atomic E-state index is 12.8. The quantitative estimate of drug-likeness (QED) is 0.825. The number of esters is 1. The van der Waals surface area contributed by atoms with Gasteiger partial charge in [-0.3, -0.25) is 19.3 Å². The Hall–Kier alpha value is -3.15. The van der Waals surface area contributed by atoms with Crippen molar-refractivity contribution in [1.29, 1.82) is 0 Å². The van der Waals surface area contributed by atoms with Gasteiger partial charge in [0.05, 0.1) is 17.8 Å². The molecule has 2 aromatic rings. The minimum atomic E-state index is -0.973. The Kier molecular flexibility index (Phi) is 5.54. The summed E-state index contributed by atoms with van der Waals surface area (Å²) < 4.78 is 5.35. The number of benzene rings is 2. The van der Waals surface area contributed by atoms with E-state index in [9.17, 15) is 14.4 Å². The largest absolute Gasteiger partial charge is 0.453 e. The lowest BCUT2D eigenvalue weighted by Crippen LogP contribution is -2.47. The summed E-state index contributed by atoms with van der Waals surface area (Å²) in [5, 5.41) is 2.73. The van der Waals surface area contributed by atoms with Gasteiger partial charge in [-0.05, 0) is 30.5 Å². The first-order chi connectivity index (χ1) is 13.0. The van der Waals surface area contributed by atoms with E-state index in [1.807, 2.05) is 37.3 Å². The number of anilines is 2. The molecule has 6 nitrogen and oxygen atoms in total. The highest BCUT2D eigenvalue weighted by Gasteiger charge is 2.31. The standard InChI is InChI=1S/C21H22N2O4/c1-14(16-8-4-3-5-9-16)12-20(25)27-15(2)21(26)23-13-19(24)22-17-10-6-7-11-18(17)23/h3-11,14-15H,12-13H2,1-2H3,(H,22,24)/t14-,15+/m1/s1. The monoisotopic (exact) mass is 366 g/mol. The molecule has 1 N–H and O–H groups in total. The van der Waals surface area contributed by atoms with Crippen molar-refractivity contribution in [3.8, 4) is 0 Å². The van der Waals surface area contributed by atoms with Crippen molar-refractivity contribution >= 4 is 29.2 Å². The van der Waals surface area contributed by atoms with Crippen molar-refractivity contribution in [2.45, 2.75) is 32.3 Å². The zero-order chi connectivity index (χ0) is 19.4. The maximum atomic E-state index is 12.8. The molecule has 0 aliphatic carbocycles. The molecule has 27 heavy (non-hydrogen) atoms. The van der Waals surface area contributed by atoms with Gasteiger partial charge in [0.15, 0.2) is 6.10 Å². The number of ether oxygens (including phenoxy) is 1. The van der Waals surface area contributed by atoms with E-state index in [1.165, 1.54) is 11.8 Å². The number of para-hydroxylation sites is 2. The summed E-state index contributed by atoms with van der Waals surface area (Å²) in [6.45, 7) is 3.37. The fourth-order valence-electron chi connectivity index (χ4n) is 3.09. The van der Waals surface area contributed by atoms with Crippen LogP contribution >= 0.6 is 0 Å². The Labute approximate surface area is 158 Å². The van der Waals surface area contributed by atoms with Crippen LogP contribution in [0, 0.1) is 0 Å². The van der Waals surface area contributed by atoms with Crippen LogP contribution in [0.3, 0.4) is 0 Å². The van der Waals surface area contributed by atoms with Crippen LogP contribution in [0.2, 0.25) is 0 Å². The molecule has 0 fully saturated rings. The summed E-state index contributed by atoms with van der Waals surface area (Å²) in [5.74, 6) is -1.15. The Balaban J connectivity index is 1.64. The highest BCUT2D eigenvalue weighted by atomic mass is 16.5. The average molecular weight is 366 g/mol. The summed E-state index contributed by atoms with van der Waals surface area (Å²) in [6.07, 6.45) is -0.793. The first kappa shape index (κ1) is 18.6. The smallest absolute Gasteiger partial charge is 0.307 e. The molecule has 2 atom stereocenters. The number of carbonyl (C=O) groups excluding carboxylic acids is 3. The van der Waals surface area contributed by atoms with Crippen molar-refractivity contribution < 1.29 is 19.1 Å². The molecule has 0 radical (unpaired) electrons. The number of nitrogens with one attached hydrogen (secondary N) is 1. The third kappa shape index (κ3) is 4.34. The van der Waals surface area contributed by atoms with Gasteiger partial charge < -0.3 is 10.1 Å². The van der Waals surface area contributed by atoms with Gasteiger partial charge in [0.25, 0.3) is 5.91 Å². The van der Waals surface area contributed by atoms with Crippen LogP contribution in [0.4, 0.5) is 11.4 Å². The van der Waals surface area contributed by atoms with Gasteiger partial charge in [-0.1, -0.05) is 49.4 Å². The fraction of sp³-hybridized carbons (Fsp3) is 0.286. The molecule has 1 aliphatic rings. The Morgan fingerprint density at radius 1 is 1.07 bits per heavy atom. The summed E-state index contributed by atoms with van der Waals surface area (Å²) in [5.41, 5.74) is 2.20. The predicted molar refractivity (Wildman–Crippen MR) is 102 cm³/mol. The lowest BCUT2D eigenvalue weighted by molar-refractivity contribution is -0.154. The SMILES string of the molecule is C[C@H](OC(=O)C[C@@H](C)c1ccccc1)C(=O)N1CC(=O)Nc2ccccc21. The van der Waals surface area contributed by atoms with Crippen molar-refractivity contribution in [1.82, 2.24) is 0 Å². The maximum Gasteiger partial charge on any atom is 0.307 e. The van der Waals surface area contributed by atoms with Crippen molar-refractivity contribution in [3.63, 3.8) is 0 Å². The third-order valence-corrected chi connectivity index (χ3v) is 4.53. The van der Waals surface area contributed by atoms with E-state index in [4.69, 9.17) is 4.74 Å². The zero-order valence-corrected chi connectivity index (χ0v) is 15.3. The highest BCUT2D eigenvalue weighted by molar-refractivity contribution is 6.11. The number of fused-ring (bicyclic) bond motifs is 1. The van der Waals surface area contributed by atoms with Crippen LogP contribution in [0.1, 0.15) is 31.7 Å². The normalized spacial score (nSPS) is 15.3. The minimum absolute atomic E-state index is 0.0116. The fourth-order valence-corrected chi connectivity index (χ4v) is 3.09. The number of hydrogen-bond acceptors (Lipinski definition) is 4. The molecule has 6 heteroatoms. The minimum Gasteiger partial charge on any atom is -0.453 e. The van der Waals surface area contributed by atoms with Crippen molar-refractivity contribution in [3.05, 3.63) is 60.2 Å². The molecule has 2 aromatic carbocycles. The summed E-state index contributed by atoms with van der Waals surface area (Å²) in [6, 6.07) is 16.7. The van der Waals surface area contributed by atoms with Crippen LogP contribution < -0.4 is 10.2 Å². The van der Waals surface area contributed by atoms with Gasteiger partial charge in [0.2, 0.25) is 5.91 Å². The second kappa shape index (κ2) is 8.03. The van der Waals surface area contributed by atoms with Crippen LogP contribution in [-0.4, -0.2) is 30.4 Å². The van der Waals surface area contributed by atoms with Crippen LogP contribution in [0.25, 0.3) is 0 Å². The molecule has 0 saturated carbocycles. The summed E-state index contributed by atoms with van der Waals surface area (Å²) in [4.78, 5) is 38.3. The molecular formula is C21H22N2O4. The molecule has 0 saturated heterocycles. The molecule has 0 aromatic heterocycles. The number of hydrogen-bond donors (Lipinski definition) is 1. The molecule has 2 amide bonds. The van der Waals surface area contributed by atoms with Gasteiger partial charge in [0, 0.05) is 0 Å². The molecule has 0 bridgehead atoms. The lowest BCUT2D eigenvalue weighted by Gasteiger charge is -2.30. The number of rotatable bonds is 5. The van der Waals surface area contributed by atoms with Gasteiger partial charge in [-0.2, -0.15) is 0 Å². The van der Waals surface area contributed by atoms with Crippen LogP contribution in [-0.2, 0) is 19.1 Å². The van der Waals surface area contributed by atoms with Crippen LogP contribution in [0.5, 0.6) is 0 Å². The Morgan fingerprint density at radius 3 is 2.48 bits per heavy atom. The van der Waals surface area contributed by atoms with E-state index in [1.54, 1.807) is 24.3 Å². The zero-order valence-electron chi connectivity index (χ0n) is 15.3. The van der Waals surface area contributed by atoms with Gasteiger partial charge in [-0.25, -0.2) is 0 Å². The molecular weight excluding hydrogens is 344 g/mol. The number of carbonyl (C=O) groups is 3. The second-order valence-corrected chi connectivity index (χ2v) is 6.64. The Bertz CT molecular complexity index is 850. The first-order valence-electron chi connectivity index (χ1n) is 8.90. The Morgan fingerprint density at radius 2 is 1.74 bits per heavy atom. The summed E-state index contributed by atoms with van der Waals surface area (Å²) >= 11 is 0. The van der Waals surface area contributed by atoms with E-state index in [0.29, 0.717) is 11.4 Å². The van der Waals surface area contributed by atoms with E-state index >= 15 is 0 Å². The molecule has 0 spiro atoms. The highest BCUT2D eigenvalue weighted by Crippen LogP contribution is 2.29. The summed E-state index contributed by atoms with van der Waals surface area (Å²) in [7, 11) is 0. The van der Waals surface area contributed by atoms with Gasteiger partial charge in [0.1, 0.15) is 6.54 Å². The molecule has 1 heterocycles. The van der Waals surface area contributed by atoms with E-state index < -0.39 is 18.0 Å². The lowest BCUT2D eigenvalue weighted by atomic mass is 9.98. The molecule has 140 valence electrons. The molecule has 1 aliphatic heterocycles. The van der Waals surface area contributed by atoms with Gasteiger partial charge in [-0.15, -0.1) is 0 Å². The van der Waals surface area contributed by atoms with Gasteiger partial charge >= 0.3 is 5.97 Å². The number of nitrogens with zero attached hydrogens (tertiary/aromatic N) is 1. The van der Waals surface area contributed by atoms with E-state index in [0.717, 1.165) is 5.56 Å². The third-order valence-electron chi connectivity index (χ3n) is 4.53. The number of amides is 2. The van der Waals surface area contributed by atoms with E-state index in [-0.39, 0.29) is 24.8 Å². The first-order valence-corrected chi connectivity index (χ1v) is 8.90.